The molecular formula is C27H35N5O5. The molecule has 10 nitrogen and oxygen atoms in total. The maximum atomic E-state index is 12.3. The van der Waals surface area contributed by atoms with Crippen LogP contribution in [0.25, 0.3) is 10.9 Å². The van der Waals surface area contributed by atoms with Gasteiger partial charge in [-0.1, -0.05) is 19.1 Å². The molecule has 0 bridgehead atoms. The molecule has 0 saturated carbocycles. The number of fused-ring (bicyclic) bond motifs is 1. The number of aliphatic hydroxyl groups is 1. The molecule has 0 atom stereocenters. The molecule has 0 aliphatic rings. The van der Waals surface area contributed by atoms with Gasteiger partial charge in [-0.15, -0.1) is 0 Å². The normalized spacial score (nSPS) is 11.2. The van der Waals surface area contributed by atoms with Crippen LogP contribution in [0, 0.1) is 0 Å². The van der Waals surface area contributed by atoms with Crippen LogP contribution >= 0.6 is 0 Å². The first-order valence-electron chi connectivity index (χ1n) is 12.1. The number of ether oxygens (including phenoxy) is 2. The molecule has 0 saturated heterocycles. The van der Waals surface area contributed by atoms with E-state index in [1.807, 2.05) is 31.2 Å². The zero-order valence-corrected chi connectivity index (χ0v) is 21.9. The lowest BCUT2D eigenvalue weighted by Crippen LogP contribution is -2.35. The largest absolute Gasteiger partial charge is 0.495 e. The number of rotatable bonds is 10. The average molecular weight is 510 g/mol. The third-order valence-electron chi connectivity index (χ3n) is 5.62. The molecule has 0 fully saturated rings. The van der Waals surface area contributed by atoms with Crippen molar-refractivity contribution in [2.75, 3.05) is 30.8 Å². The number of pyridine rings is 1. The number of benzene rings is 2. The van der Waals surface area contributed by atoms with E-state index in [0.717, 1.165) is 16.8 Å². The van der Waals surface area contributed by atoms with Crippen molar-refractivity contribution in [3.8, 4) is 5.75 Å². The molecule has 198 valence electrons. The zero-order valence-electron chi connectivity index (χ0n) is 21.9. The molecule has 2 aromatic carbocycles. The number of anilines is 3. The number of alkyl carbamates (subject to hydrolysis) is 1. The fourth-order valence-corrected chi connectivity index (χ4v) is 3.98. The standard InChI is InChI=1S/C27H35N5O5/c1-6-17-16(15-33)8-7-9-20(17)32-24-18-12-22(29-10-11-30-26(35)37-27(2,3)4)23(36-5)13-21(18)31-14-19(24)25(28)34/h7-9,12-14,29,33H,6,10-11,15H2,1-5H3,(H2,28,34)(H,30,35)(H,31,32). The van der Waals surface area contributed by atoms with Crippen molar-refractivity contribution < 1.29 is 24.2 Å². The molecule has 1 aromatic heterocycles. The smallest absolute Gasteiger partial charge is 0.407 e. The summed E-state index contributed by atoms with van der Waals surface area (Å²) in [5, 5.41) is 19.7. The third-order valence-corrected chi connectivity index (χ3v) is 5.62. The Labute approximate surface area is 216 Å². The van der Waals surface area contributed by atoms with Crippen LogP contribution in [0.15, 0.2) is 36.5 Å². The number of methoxy groups -OCH3 is 1. The predicted octanol–water partition coefficient (Wildman–Crippen LogP) is 4.08. The second kappa shape index (κ2) is 11.8. The molecule has 37 heavy (non-hydrogen) atoms. The molecule has 3 rings (SSSR count). The number of aliphatic hydroxyl groups excluding tert-OH is 1. The molecule has 0 unspecified atom stereocenters. The van der Waals surface area contributed by atoms with Gasteiger partial charge in [0.2, 0.25) is 0 Å². The van der Waals surface area contributed by atoms with Crippen LogP contribution in [0.2, 0.25) is 0 Å². The van der Waals surface area contributed by atoms with Gasteiger partial charge in [-0.3, -0.25) is 9.78 Å². The fraction of sp³-hybridized carbons (Fsp3) is 0.370. The van der Waals surface area contributed by atoms with Crippen LogP contribution in [0.3, 0.4) is 0 Å². The van der Waals surface area contributed by atoms with Crippen molar-refractivity contribution in [3.63, 3.8) is 0 Å². The minimum Gasteiger partial charge on any atom is -0.495 e. The van der Waals surface area contributed by atoms with Gasteiger partial charge >= 0.3 is 6.09 Å². The Bertz CT molecular complexity index is 1290. The predicted molar refractivity (Wildman–Crippen MR) is 145 cm³/mol. The van der Waals surface area contributed by atoms with E-state index < -0.39 is 17.6 Å². The van der Waals surface area contributed by atoms with E-state index in [1.165, 1.54) is 6.20 Å². The Balaban J connectivity index is 1.97. The van der Waals surface area contributed by atoms with E-state index in [1.54, 1.807) is 33.9 Å². The Morgan fingerprint density at radius 1 is 1.14 bits per heavy atom. The summed E-state index contributed by atoms with van der Waals surface area (Å²) < 4.78 is 10.8. The molecule has 0 aliphatic carbocycles. The number of carbonyl (C=O) groups excluding carboxylic acids is 2. The monoisotopic (exact) mass is 509 g/mol. The molecule has 0 aliphatic heterocycles. The Kier molecular flexibility index (Phi) is 8.77. The quantitative estimate of drug-likeness (QED) is 0.257. The van der Waals surface area contributed by atoms with Gasteiger partial charge in [-0.25, -0.2) is 4.79 Å². The van der Waals surface area contributed by atoms with Gasteiger partial charge < -0.3 is 36.3 Å². The van der Waals surface area contributed by atoms with Crippen molar-refractivity contribution in [1.82, 2.24) is 10.3 Å². The highest BCUT2D eigenvalue weighted by Gasteiger charge is 2.19. The van der Waals surface area contributed by atoms with Gasteiger partial charge in [0.1, 0.15) is 11.4 Å². The van der Waals surface area contributed by atoms with E-state index in [0.29, 0.717) is 47.5 Å². The van der Waals surface area contributed by atoms with Crippen molar-refractivity contribution in [1.29, 1.82) is 0 Å². The number of nitrogens with two attached hydrogens (primary N) is 1. The van der Waals surface area contributed by atoms with E-state index in [2.05, 4.69) is 20.9 Å². The lowest BCUT2D eigenvalue weighted by molar-refractivity contribution is 0.0530. The summed E-state index contributed by atoms with van der Waals surface area (Å²) in [5.41, 5.74) is 9.58. The molecule has 10 heteroatoms. The van der Waals surface area contributed by atoms with Gasteiger partial charge in [0.05, 0.1) is 36.2 Å². The number of nitrogens with one attached hydrogen (secondary N) is 3. The molecular weight excluding hydrogens is 474 g/mol. The lowest BCUT2D eigenvalue weighted by Gasteiger charge is -2.20. The lowest BCUT2D eigenvalue weighted by atomic mass is 10.0. The Morgan fingerprint density at radius 3 is 2.51 bits per heavy atom. The first kappa shape index (κ1) is 27.5. The highest BCUT2D eigenvalue weighted by Crippen LogP contribution is 2.37. The molecule has 3 aromatic rings. The highest BCUT2D eigenvalue weighted by molar-refractivity contribution is 6.08. The van der Waals surface area contributed by atoms with Crippen molar-refractivity contribution >= 4 is 40.0 Å². The summed E-state index contributed by atoms with van der Waals surface area (Å²) in [6.45, 7) is 8.01. The molecule has 1 heterocycles. The number of hydrogen-bond acceptors (Lipinski definition) is 8. The number of primary amides is 1. The Hall–Kier alpha value is -4.05. The van der Waals surface area contributed by atoms with Crippen LogP contribution in [0.1, 0.15) is 49.2 Å². The molecule has 2 amide bonds. The maximum Gasteiger partial charge on any atom is 0.407 e. The fourth-order valence-electron chi connectivity index (χ4n) is 3.98. The van der Waals surface area contributed by atoms with Crippen molar-refractivity contribution in [2.24, 2.45) is 5.73 Å². The average Bonchev–Trinajstić information content (AvgIpc) is 2.84. The number of hydrogen-bond donors (Lipinski definition) is 5. The van der Waals surface area contributed by atoms with Gasteiger partial charge in [0.15, 0.2) is 0 Å². The van der Waals surface area contributed by atoms with Crippen LogP contribution in [-0.2, 0) is 17.8 Å². The molecule has 0 radical (unpaired) electrons. The highest BCUT2D eigenvalue weighted by atomic mass is 16.6. The summed E-state index contributed by atoms with van der Waals surface area (Å²) in [7, 11) is 1.55. The minimum atomic E-state index is -0.625. The second-order valence-corrected chi connectivity index (χ2v) is 9.42. The van der Waals surface area contributed by atoms with E-state index >= 15 is 0 Å². The zero-order chi connectivity index (χ0) is 27.2. The van der Waals surface area contributed by atoms with Crippen LogP contribution in [0.4, 0.5) is 21.9 Å². The number of carbonyl (C=O) groups is 2. The van der Waals surface area contributed by atoms with Crippen molar-refractivity contribution in [2.45, 2.75) is 46.3 Å². The number of amides is 2. The van der Waals surface area contributed by atoms with Gasteiger partial charge in [-0.05, 0) is 50.5 Å². The second-order valence-electron chi connectivity index (χ2n) is 9.42. The summed E-state index contributed by atoms with van der Waals surface area (Å²) in [5.74, 6) is -0.0771. The summed E-state index contributed by atoms with van der Waals surface area (Å²) in [6.07, 6.45) is 1.61. The first-order chi connectivity index (χ1) is 17.6. The van der Waals surface area contributed by atoms with E-state index in [-0.39, 0.29) is 12.2 Å². The van der Waals surface area contributed by atoms with Gasteiger partial charge in [0.25, 0.3) is 5.91 Å². The number of nitrogens with zero attached hydrogens (tertiary/aromatic N) is 1. The van der Waals surface area contributed by atoms with Gasteiger partial charge in [0, 0.05) is 36.4 Å². The SMILES string of the molecule is CCc1c(CO)cccc1Nc1c(C(N)=O)cnc2cc(OC)c(NCCNC(=O)OC(C)(C)C)cc12. The van der Waals surface area contributed by atoms with E-state index in [4.69, 9.17) is 15.2 Å². The maximum absolute atomic E-state index is 12.3. The van der Waals surface area contributed by atoms with Crippen LogP contribution in [-0.4, -0.2) is 47.9 Å². The summed E-state index contributed by atoms with van der Waals surface area (Å²) in [6, 6.07) is 9.18. The van der Waals surface area contributed by atoms with E-state index in [9.17, 15) is 14.7 Å². The molecule has 6 N–H and O–H groups in total. The summed E-state index contributed by atoms with van der Waals surface area (Å²) >= 11 is 0. The van der Waals surface area contributed by atoms with Crippen LogP contribution in [0.5, 0.6) is 5.75 Å². The topological polar surface area (TPSA) is 148 Å². The molecule has 0 spiro atoms. The van der Waals surface area contributed by atoms with Crippen LogP contribution < -0.4 is 26.4 Å². The third kappa shape index (κ3) is 6.79. The summed E-state index contributed by atoms with van der Waals surface area (Å²) in [4.78, 5) is 28.7. The number of aromatic nitrogens is 1. The minimum absolute atomic E-state index is 0.0962. The first-order valence-corrected chi connectivity index (χ1v) is 12.1. The Morgan fingerprint density at radius 2 is 1.89 bits per heavy atom. The van der Waals surface area contributed by atoms with Gasteiger partial charge in [-0.2, -0.15) is 0 Å². The van der Waals surface area contributed by atoms with Crippen molar-refractivity contribution in [3.05, 3.63) is 53.2 Å².